The minimum Gasteiger partial charge on any atom is -0.466 e. The average molecular weight is 119 g/mol. The average Bonchev–Trinajstić information content (AvgIpc) is 1.61. The highest BCUT2D eigenvalue weighted by molar-refractivity contribution is 5.65. The fourth-order valence-corrected chi connectivity index (χ4v) is 0.246. The second kappa shape index (κ2) is 6.43. The van der Waals surface area contributed by atoms with Crippen molar-refractivity contribution in [2.24, 2.45) is 0 Å². The summed E-state index contributed by atoms with van der Waals surface area (Å²) in [4.78, 5) is 9.98. The lowest BCUT2D eigenvalue weighted by Crippen LogP contribution is -1.98. The summed E-state index contributed by atoms with van der Waals surface area (Å²) in [7, 11) is 0. The molecule has 0 aliphatic rings. The summed E-state index contributed by atoms with van der Waals surface area (Å²) in [5, 5.41) is 0. The maximum absolute atomic E-state index is 9.98. The smallest absolute Gasteiger partial charge is 0.302 e. The van der Waals surface area contributed by atoms with E-state index in [1.54, 1.807) is 0 Å². The van der Waals surface area contributed by atoms with Crippen molar-refractivity contribution in [3.63, 3.8) is 0 Å². The summed E-state index contributed by atoms with van der Waals surface area (Å²) in [5.41, 5.74) is 0. The molecule has 0 atom stereocenters. The van der Waals surface area contributed by atoms with Crippen LogP contribution < -0.4 is 6.15 Å². The molecular weight excluding hydrogens is 106 g/mol. The molecule has 0 unspecified atom stereocenters. The molecule has 0 radical (unpaired) electrons. The van der Waals surface area contributed by atoms with Gasteiger partial charge in [-0.25, -0.2) is 0 Å². The van der Waals surface area contributed by atoms with Crippen LogP contribution in [0.5, 0.6) is 0 Å². The van der Waals surface area contributed by atoms with E-state index < -0.39 is 0 Å². The van der Waals surface area contributed by atoms with Gasteiger partial charge in [0.25, 0.3) is 0 Å². The third-order valence-electron chi connectivity index (χ3n) is 0.509. The zero-order valence-electron chi connectivity index (χ0n) is 5.44. The number of carbonyl (C=O) groups excluding carboxylic acids is 1. The fraction of sp³-hybridized carbons (Fsp3) is 0.800. The topological polar surface area (TPSA) is 61.3 Å². The van der Waals surface area contributed by atoms with Gasteiger partial charge in [0.1, 0.15) is 0 Å². The van der Waals surface area contributed by atoms with Gasteiger partial charge in [0.15, 0.2) is 0 Å². The highest BCUT2D eigenvalue weighted by Crippen LogP contribution is 1.78. The van der Waals surface area contributed by atoms with E-state index in [4.69, 9.17) is 0 Å². The summed E-state index contributed by atoms with van der Waals surface area (Å²) < 4.78 is 4.55. The molecule has 3 N–H and O–H groups in total. The number of rotatable bonds is 2. The first-order valence-corrected chi connectivity index (χ1v) is 2.40. The van der Waals surface area contributed by atoms with E-state index in [-0.39, 0.29) is 12.1 Å². The first-order chi connectivity index (χ1) is 3.27. The Morgan fingerprint density at radius 2 is 2.12 bits per heavy atom. The van der Waals surface area contributed by atoms with Gasteiger partial charge in [0.05, 0.1) is 6.61 Å². The van der Waals surface area contributed by atoms with Gasteiger partial charge in [-0.05, 0) is 6.42 Å². The molecule has 8 heavy (non-hydrogen) atoms. The van der Waals surface area contributed by atoms with Gasteiger partial charge >= 0.3 is 5.97 Å². The molecule has 0 aromatic heterocycles. The molecular formula is C5H13NO2. The molecule has 50 valence electrons. The summed E-state index contributed by atoms with van der Waals surface area (Å²) in [6.07, 6.45) is 0.902. The summed E-state index contributed by atoms with van der Waals surface area (Å²) in [6.45, 7) is 3.92. The van der Waals surface area contributed by atoms with E-state index in [1.165, 1.54) is 6.92 Å². The van der Waals surface area contributed by atoms with E-state index >= 15 is 0 Å². The van der Waals surface area contributed by atoms with Crippen molar-refractivity contribution in [2.45, 2.75) is 20.3 Å². The lowest BCUT2D eigenvalue weighted by molar-refractivity contribution is -0.140. The molecule has 3 nitrogen and oxygen atoms in total. The van der Waals surface area contributed by atoms with Crippen LogP contribution in [0.15, 0.2) is 0 Å². The Morgan fingerprint density at radius 1 is 1.62 bits per heavy atom. The Kier molecular flexibility index (Phi) is 8.37. The van der Waals surface area contributed by atoms with E-state index in [0.717, 1.165) is 6.42 Å². The molecule has 0 spiro atoms. The zero-order chi connectivity index (χ0) is 5.70. The quantitative estimate of drug-likeness (QED) is 0.554. The SMILES string of the molecule is CCCOC(C)=O.N. The van der Waals surface area contributed by atoms with Crippen LogP contribution >= 0.6 is 0 Å². The first kappa shape index (κ1) is 10.4. The normalized spacial score (nSPS) is 7.25. The van der Waals surface area contributed by atoms with Gasteiger partial charge in [-0.2, -0.15) is 0 Å². The van der Waals surface area contributed by atoms with Crippen molar-refractivity contribution in [1.82, 2.24) is 6.15 Å². The number of ether oxygens (including phenoxy) is 1. The summed E-state index contributed by atoms with van der Waals surface area (Å²) >= 11 is 0. The van der Waals surface area contributed by atoms with E-state index in [9.17, 15) is 4.79 Å². The van der Waals surface area contributed by atoms with Crippen molar-refractivity contribution < 1.29 is 9.53 Å². The number of carbonyl (C=O) groups is 1. The van der Waals surface area contributed by atoms with Crippen molar-refractivity contribution in [1.29, 1.82) is 0 Å². The zero-order valence-corrected chi connectivity index (χ0v) is 5.44. The maximum atomic E-state index is 9.98. The molecule has 0 aromatic carbocycles. The molecule has 0 rings (SSSR count). The lowest BCUT2D eigenvalue weighted by atomic mass is 10.5. The maximum Gasteiger partial charge on any atom is 0.302 e. The Hall–Kier alpha value is -0.570. The Labute approximate surface area is 49.6 Å². The predicted molar refractivity (Wildman–Crippen MR) is 31.9 cm³/mol. The van der Waals surface area contributed by atoms with Gasteiger partial charge < -0.3 is 10.9 Å². The third kappa shape index (κ3) is 9.06. The second-order valence-corrected chi connectivity index (χ2v) is 1.34. The van der Waals surface area contributed by atoms with Crippen LogP contribution in [0.1, 0.15) is 20.3 Å². The number of esters is 1. The predicted octanol–water partition coefficient (Wildman–Crippen LogP) is 1.12. The Balaban J connectivity index is 0. The van der Waals surface area contributed by atoms with Gasteiger partial charge in [-0.1, -0.05) is 6.92 Å². The molecule has 0 aliphatic carbocycles. The van der Waals surface area contributed by atoms with Gasteiger partial charge in [0, 0.05) is 6.92 Å². The minimum atomic E-state index is -0.193. The monoisotopic (exact) mass is 119 g/mol. The van der Waals surface area contributed by atoms with Crippen LogP contribution in [-0.4, -0.2) is 12.6 Å². The molecule has 0 saturated heterocycles. The Morgan fingerprint density at radius 3 is 2.25 bits per heavy atom. The van der Waals surface area contributed by atoms with Crippen LogP contribution in [0, 0.1) is 0 Å². The first-order valence-electron chi connectivity index (χ1n) is 2.40. The highest BCUT2D eigenvalue weighted by atomic mass is 16.5. The van der Waals surface area contributed by atoms with Crippen molar-refractivity contribution in [3.8, 4) is 0 Å². The molecule has 0 aromatic rings. The van der Waals surface area contributed by atoms with E-state index in [0.29, 0.717) is 6.61 Å². The molecule has 0 heterocycles. The largest absolute Gasteiger partial charge is 0.466 e. The van der Waals surface area contributed by atoms with Gasteiger partial charge in [0.2, 0.25) is 0 Å². The molecule has 0 aliphatic heterocycles. The van der Waals surface area contributed by atoms with Crippen molar-refractivity contribution in [2.75, 3.05) is 6.61 Å². The number of hydrogen-bond acceptors (Lipinski definition) is 3. The number of hydrogen-bond donors (Lipinski definition) is 1. The van der Waals surface area contributed by atoms with Crippen molar-refractivity contribution in [3.05, 3.63) is 0 Å². The highest BCUT2D eigenvalue weighted by Gasteiger charge is 1.85. The van der Waals surface area contributed by atoms with Crippen molar-refractivity contribution >= 4 is 5.97 Å². The van der Waals surface area contributed by atoms with Crippen LogP contribution in [0.2, 0.25) is 0 Å². The van der Waals surface area contributed by atoms with E-state index in [2.05, 4.69) is 4.74 Å². The van der Waals surface area contributed by atoms with Crippen LogP contribution in [0.4, 0.5) is 0 Å². The second-order valence-electron chi connectivity index (χ2n) is 1.34. The Bertz CT molecular complexity index is 63.4. The fourth-order valence-electron chi connectivity index (χ4n) is 0.246. The molecule has 0 fully saturated rings. The van der Waals surface area contributed by atoms with Crippen LogP contribution in [0.3, 0.4) is 0 Å². The van der Waals surface area contributed by atoms with E-state index in [1.807, 2.05) is 6.92 Å². The third-order valence-corrected chi connectivity index (χ3v) is 0.509. The lowest BCUT2D eigenvalue weighted by Gasteiger charge is -1.93. The molecule has 3 heteroatoms. The molecule has 0 amide bonds. The van der Waals surface area contributed by atoms with Gasteiger partial charge in [-0.15, -0.1) is 0 Å². The standard InChI is InChI=1S/C5H10O2.H3N/c1-3-4-7-5(2)6;/h3-4H2,1-2H3;1H3. The van der Waals surface area contributed by atoms with Gasteiger partial charge in [-0.3, -0.25) is 4.79 Å². The summed E-state index contributed by atoms with van der Waals surface area (Å²) in [6, 6.07) is 0. The minimum absolute atomic E-state index is 0. The molecule has 0 bridgehead atoms. The van der Waals surface area contributed by atoms with Crippen LogP contribution in [0.25, 0.3) is 0 Å². The molecule has 0 saturated carbocycles. The summed E-state index contributed by atoms with van der Waals surface area (Å²) in [5.74, 6) is -0.193. The van der Waals surface area contributed by atoms with Crippen LogP contribution in [-0.2, 0) is 9.53 Å².